The van der Waals surface area contributed by atoms with E-state index in [0.29, 0.717) is 12.3 Å². The lowest BCUT2D eigenvalue weighted by Gasteiger charge is -2.15. The molecule has 0 N–H and O–H groups in total. The number of pyridine rings is 1. The molecule has 2 aromatic heterocycles. The van der Waals surface area contributed by atoms with Gasteiger partial charge in [-0.05, 0) is 71.9 Å². The van der Waals surface area contributed by atoms with Gasteiger partial charge >= 0.3 is 0 Å². The summed E-state index contributed by atoms with van der Waals surface area (Å²) in [5.41, 5.74) is 5.16. The SMILES string of the molecule is FC1(F)CCC(c2ccc3c(-c4cc(C5CCCC5)cc5ccoc45)nccc3c2)C1. The normalized spacial score (nSPS) is 21.4. The fourth-order valence-electron chi connectivity index (χ4n) is 5.68. The third kappa shape index (κ3) is 3.33. The van der Waals surface area contributed by atoms with Gasteiger partial charge in [-0.2, -0.15) is 0 Å². The maximum atomic E-state index is 13.7. The lowest BCUT2D eigenvalue weighted by atomic mass is 9.91. The van der Waals surface area contributed by atoms with Crippen LogP contribution in [0.4, 0.5) is 8.78 Å². The number of aromatic nitrogens is 1. The number of nitrogens with zero attached hydrogens (tertiary/aromatic N) is 1. The van der Waals surface area contributed by atoms with Crippen molar-refractivity contribution in [2.45, 2.75) is 62.7 Å². The maximum Gasteiger partial charge on any atom is 0.248 e. The molecule has 1 atom stereocenters. The maximum absolute atomic E-state index is 13.7. The van der Waals surface area contributed by atoms with Crippen molar-refractivity contribution in [1.82, 2.24) is 4.98 Å². The van der Waals surface area contributed by atoms with Gasteiger partial charge in [-0.1, -0.05) is 31.0 Å². The second-order valence-electron chi connectivity index (χ2n) is 9.32. The zero-order valence-corrected chi connectivity index (χ0v) is 17.4. The van der Waals surface area contributed by atoms with Crippen LogP contribution in [0.1, 0.15) is 67.9 Å². The highest BCUT2D eigenvalue weighted by molar-refractivity contribution is 6.02. The molecule has 4 heteroatoms. The van der Waals surface area contributed by atoms with Gasteiger partial charge in [0.15, 0.2) is 0 Å². The Balaban J connectivity index is 1.47. The molecule has 0 spiro atoms. The number of hydrogen-bond donors (Lipinski definition) is 0. The van der Waals surface area contributed by atoms with E-state index in [1.165, 1.54) is 31.2 Å². The predicted molar refractivity (Wildman–Crippen MR) is 120 cm³/mol. The Hall–Kier alpha value is -2.75. The molecule has 2 aliphatic rings. The number of benzene rings is 2. The number of fused-ring (bicyclic) bond motifs is 2. The smallest absolute Gasteiger partial charge is 0.248 e. The van der Waals surface area contributed by atoms with Crippen LogP contribution in [0.5, 0.6) is 0 Å². The van der Waals surface area contributed by atoms with Crippen molar-refractivity contribution in [3.05, 3.63) is 66.1 Å². The molecule has 158 valence electrons. The Morgan fingerprint density at radius 3 is 2.52 bits per heavy atom. The van der Waals surface area contributed by atoms with Crippen molar-refractivity contribution in [3.8, 4) is 11.3 Å². The van der Waals surface area contributed by atoms with E-state index in [4.69, 9.17) is 9.40 Å². The molecule has 0 saturated heterocycles. The summed E-state index contributed by atoms with van der Waals surface area (Å²) in [6.45, 7) is 0. The summed E-state index contributed by atoms with van der Waals surface area (Å²) < 4.78 is 33.4. The Morgan fingerprint density at radius 1 is 0.871 bits per heavy atom. The van der Waals surface area contributed by atoms with Crippen LogP contribution >= 0.6 is 0 Å². The van der Waals surface area contributed by atoms with Crippen LogP contribution in [-0.4, -0.2) is 10.9 Å². The molecule has 6 rings (SSSR count). The van der Waals surface area contributed by atoms with Crippen LogP contribution < -0.4 is 0 Å². The summed E-state index contributed by atoms with van der Waals surface area (Å²) in [7, 11) is 0. The van der Waals surface area contributed by atoms with E-state index < -0.39 is 5.92 Å². The predicted octanol–water partition coefficient (Wildman–Crippen LogP) is 8.21. The van der Waals surface area contributed by atoms with E-state index in [0.717, 1.165) is 38.6 Å². The van der Waals surface area contributed by atoms with Gasteiger partial charge in [-0.25, -0.2) is 8.78 Å². The van der Waals surface area contributed by atoms with E-state index in [2.05, 4.69) is 24.3 Å². The van der Waals surface area contributed by atoms with Crippen LogP contribution in [0.3, 0.4) is 0 Å². The van der Waals surface area contributed by atoms with Gasteiger partial charge in [0.1, 0.15) is 5.58 Å². The first-order valence-electron chi connectivity index (χ1n) is 11.4. The minimum Gasteiger partial charge on any atom is -0.464 e. The molecule has 2 aliphatic carbocycles. The summed E-state index contributed by atoms with van der Waals surface area (Å²) in [6.07, 6.45) is 9.11. The molecule has 2 aromatic carbocycles. The second kappa shape index (κ2) is 7.15. The number of rotatable bonds is 3. The van der Waals surface area contributed by atoms with Gasteiger partial charge in [-0.15, -0.1) is 0 Å². The quantitative estimate of drug-likeness (QED) is 0.336. The summed E-state index contributed by atoms with van der Waals surface area (Å²) in [6, 6.07) is 14.7. The van der Waals surface area contributed by atoms with Crippen molar-refractivity contribution >= 4 is 21.7 Å². The standard InChI is InChI=1S/C27H25F2NO/c28-27(29)10-7-21(16-27)18-5-6-23-19(13-18)8-11-30-25(23)24-15-22(17-3-1-2-4-17)14-20-9-12-31-26(20)24/h5-6,8-9,11-15,17,21H,1-4,7,10,16H2. The van der Waals surface area contributed by atoms with Gasteiger partial charge in [-0.3, -0.25) is 4.98 Å². The summed E-state index contributed by atoms with van der Waals surface area (Å²) in [5, 5.41) is 3.20. The summed E-state index contributed by atoms with van der Waals surface area (Å²) in [5.74, 6) is -2.00. The number of halogens is 2. The van der Waals surface area contributed by atoms with Crippen molar-refractivity contribution in [2.75, 3.05) is 0 Å². The van der Waals surface area contributed by atoms with E-state index >= 15 is 0 Å². The molecule has 31 heavy (non-hydrogen) atoms. The molecular weight excluding hydrogens is 392 g/mol. The Kier molecular flexibility index (Phi) is 4.38. The van der Waals surface area contributed by atoms with E-state index in [-0.39, 0.29) is 18.8 Å². The van der Waals surface area contributed by atoms with Crippen molar-refractivity contribution in [2.24, 2.45) is 0 Å². The largest absolute Gasteiger partial charge is 0.464 e. The summed E-state index contributed by atoms with van der Waals surface area (Å²) >= 11 is 0. The molecule has 0 aliphatic heterocycles. The molecule has 0 radical (unpaired) electrons. The Morgan fingerprint density at radius 2 is 1.71 bits per heavy atom. The van der Waals surface area contributed by atoms with E-state index in [9.17, 15) is 8.78 Å². The third-order valence-corrected chi connectivity index (χ3v) is 7.32. The third-order valence-electron chi connectivity index (χ3n) is 7.32. The average Bonchev–Trinajstić information content (AvgIpc) is 3.52. The Labute approximate surface area is 180 Å². The van der Waals surface area contributed by atoms with Gasteiger partial charge in [0.05, 0.1) is 12.0 Å². The summed E-state index contributed by atoms with van der Waals surface area (Å²) in [4.78, 5) is 4.74. The van der Waals surface area contributed by atoms with Gasteiger partial charge in [0.2, 0.25) is 5.92 Å². The number of furan rings is 1. The molecule has 1 unspecified atom stereocenters. The molecule has 0 amide bonds. The zero-order valence-electron chi connectivity index (χ0n) is 17.4. The van der Waals surface area contributed by atoms with Crippen LogP contribution in [-0.2, 0) is 0 Å². The van der Waals surface area contributed by atoms with Crippen molar-refractivity contribution < 1.29 is 13.2 Å². The lowest BCUT2D eigenvalue weighted by molar-refractivity contribution is 0.00777. The minimum atomic E-state index is -2.53. The van der Waals surface area contributed by atoms with Crippen molar-refractivity contribution in [3.63, 3.8) is 0 Å². The van der Waals surface area contributed by atoms with Crippen LogP contribution in [0.2, 0.25) is 0 Å². The second-order valence-corrected chi connectivity index (χ2v) is 9.32. The molecule has 4 aromatic rings. The first-order chi connectivity index (χ1) is 15.1. The van der Waals surface area contributed by atoms with Crippen molar-refractivity contribution in [1.29, 1.82) is 0 Å². The number of alkyl halides is 2. The molecule has 2 nitrogen and oxygen atoms in total. The molecular formula is C27H25F2NO. The van der Waals surface area contributed by atoms with Gasteiger partial charge in [0, 0.05) is 35.4 Å². The fraction of sp³-hybridized carbons (Fsp3) is 0.370. The monoisotopic (exact) mass is 417 g/mol. The van der Waals surface area contributed by atoms with E-state index in [1.54, 1.807) is 6.26 Å². The van der Waals surface area contributed by atoms with Crippen LogP contribution in [0.25, 0.3) is 33.0 Å². The lowest BCUT2D eigenvalue weighted by Crippen LogP contribution is -2.09. The van der Waals surface area contributed by atoms with Crippen LogP contribution in [0.15, 0.2) is 59.3 Å². The highest BCUT2D eigenvalue weighted by Gasteiger charge is 2.39. The number of hydrogen-bond acceptors (Lipinski definition) is 2. The first kappa shape index (κ1) is 19.0. The average molecular weight is 417 g/mol. The van der Waals surface area contributed by atoms with Crippen LogP contribution in [0, 0.1) is 0 Å². The molecule has 2 heterocycles. The first-order valence-corrected chi connectivity index (χ1v) is 11.4. The Bertz CT molecular complexity index is 1270. The van der Waals surface area contributed by atoms with Gasteiger partial charge < -0.3 is 4.42 Å². The minimum absolute atomic E-state index is 0.0122. The highest BCUT2D eigenvalue weighted by Crippen LogP contribution is 2.45. The van der Waals surface area contributed by atoms with E-state index in [1.807, 2.05) is 24.4 Å². The van der Waals surface area contributed by atoms with Gasteiger partial charge in [0.25, 0.3) is 0 Å². The highest BCUT2D eigenvalue weighted by atomic mass is 19.3. The molecule has 2 saturated carbocycles. The molecule has 0 bridgehead atoms. The fourth-order valence-corrected chi connectivity index (χ4v) is 5.68. The topological polar surface area (TPSA) is 26.0 Å². The zero-order chi connectivity index (χ0) is 21.0. The molecule has 2 fully saturated rings.